The first-order valence-electron chi connectivity index (χ1n) is 6.37. The molecule has 1 aliphatic carbocycles. The normalized spacial score (nSPS) is 21.8. The zero-order valence-electron chi connectivity index (χ0n) is 11.0. The van der Waals surface area contributed by atoms with E-state index >= 15 is 0 Å². The molecular weight excluding hydrogens is 266 g/mol. The van der Waals surface area contributed by atoms with Gasteiger partial charge in [0.05, 0.1) is 5.69 Å². The van der Waals surface area contributed by atoms with Crippen molar-refractivity contribution in [2.75, 3.05) is 5.32 Å². The summed E-state index contributed by atoms with van der Waals surface area (Å²) < 4.78 is 1.57. The van der Waals surface area contributed by atoms with Crippen LogP contribution in [0.5, 0.6) is 0 Å². The molecule has 1 heterocycles. The molecule has 0 aromatic carbocycles. The number of amides is 1. The summed E-state index contributed by atoms with van der Waals surface area (Å²) >= 11 is 0. The van der Waals surface area contributed by atoms with Crippen molar-refractivity contribution in [3.63, 3.8) is 0 Å². The molecule has 6 heteroatoms. The summed E-state index contributed by atoms with van der Waals surface area (Å²) in [5.41, 5.74) is 6.41. The number of nitrogens with one attached hydrogen (secondary N) is 1. The van der Waals surface area contributed by atoms with E-state index in [-0.39, 0.29) is 35.8 Å². The Bertz CT molecular complexity index is 501. The van der Waals surface area contributed by atoms with E-state index in [2.05, 4.69) is 5.32 Å². The first kappa shape index (κ1) is 15.7. The van der Waals surface area contributed by atoms with Gasteiger partial charge in [-0.3, -0.25) is 9.59 Å². The molecule has 106 valence electrons. The first-order valence-corrected chi connectivity index (χ1v) is 6.37. The predicted octanol–water partition coefficient (Wildman–Crippen LogP) is 1.36. The maximum absolute atomic E-state index is 12.0. The number of halogens is 1. The third-order valence-electron chi connectivity index (χ3n) is 3.44. The van der Waals surface area contributed by atoms with Crippen LogP contribution in [0.1, 0.15) is 26.2 Å². The van der Waals surface area contributed by atoms with E-state index in [0.29, 0.717) is 12.2 Å². The molecule has 2 rings (SSSR count). The van der Waals surface area contributed by atoms with Gasteiger partial charge in [-0.1, -0.05) is 0 Å². The van der Waals surface area contributed by atoms with Crippen molar-refractivity contribution < 1.29 is 4.79 Å². The fraction of sp³-hybridized carbons (Fsp3) is 0.538. The van der Waals surface area contributed by atoms with Crippen molar-refractivity contribution in [2.45, 2.75) is 38.8 Å². The molecule has 3 N–H and O–H groups in total. The number of rotatable bonds is 3. The van der Waals surface area contributed by atoms with Crippen molar-refractivity contribution >= 4 is 24.0 Å². The number of nitrogens with two attached hydrogens (primary N) is 1. The van der Waals surface area contributed by atoms with Gasteiger partial charge in [0.2, 0.25) is 5.91 Å². The van der Waals surface area contributed by atoms with Gasteiger partial charge < -0.3 is 15.6 Å². The average molecular weight is 286 g/mol. The third-order valence-corrected chi connectivity index (χ3v) is 3.44. The van der Waals surface area contributed by atoms with Gasteiger partial charge in [0.15, 0.2) is 0 Å². The van der Waals surface area contributed by atoms with Crippen LogP contribution in [-0.2, 0) is 11.3 Å². The van der Waals surface area contributed by atoms with Crippen LogP contribution in [0.15, 0.2) is 23.1 Å². The highest BCUT2D eigenvalue weighted by Gasteiger charge is 2.27. The molecule has 0 saturated heterocycles. The Balaban J connectivity index is 0.00000180. The standard InChI is InChI=1S/C13H19N3O2.ClH/c1-2-16-8-11(5-6-12(16)17)15-13(18)9-3-4-10(14)7-9;/h5-6,8-10H,2-4,7,14H2,1H3,(H,15,18);1H. The maximum Gasteiger partial charge on any atom is 0.250 e. The SMILES string of the molecule is CCn1cc(NC(=O)C2CCC(N)C2)ccc1=O.Cl. The van der Waals surface area contributed by atoms with E-state index in [1.807, 2.05) is 6.92 Å². The van der Waals surface area contributed by atoms with Gasteiger partial charge in [-0.2, -0.15) is 0 Å². The Hall–Kier alpha value is -1.33. The smallest absolute Gasteiger partial charge is 0.250 e. The summed E-state index contributed by atoms with van der Waals surface area (Å²) in [5.74, 6) is 0.00579. The van der Waals surface area contributed by atoms with Crippen LogP contribution in [0, 0.1) is 5.92 Å². The molecule has 19 heavy (non-hydrogen) atoms. The number of nitrogens with zero attached hydrogens (tertiary/aromatic N) is 1. The molecule has 0 radical (unpaired) electrons. The zero-order valence-corrected chi connectivity index (χ0v) is 11.8. The fourth-order valence-electron chi connectivity index (χ4n) is 2.35. The molecule has 0 spiro atoms. The summed E-state index contributed by atoms with van der Waals surface area (Å²) in [4.78, 5) is 23.4. The summed E-state index contributed by atoms with van der Waals surface area (Å²) in [6.45, 7) is 2.49. The van der Waals surface area contributed by atoms with E-state index in [4.69, 9.17) is 5.73 Å². The molecule has 1 aromatic rings. The molecule has 1 saturated carbocycles. The lowest BCUT2D eigenvalue weighted by Gasteiger charge is -2.11. The Morgan fingerprint density at radius 2 is 2.21 bits per heavy atom. The lowest BCUT2D eigenvalue weighted by atomic mass is 10.1. The van der Waals surface area contributed by atoms with E-state index in [1.54, 1.807) is 16.8 Å². The van der Waals surface area contributed by atoms with Crippen LogP contribution in [0.3, 0.4) is 0 Å². The van der Waals surface area contributed by atoms with Gasteiger partial charge in [-0.15, -0.1) is 12.4 Å². The quantitative estimate of drug-likeness (QED) is 0.880. The minimum absolute atomic E-state index is 0. The second-order valence-corrected chi connectivity index (χ2v) is 4.80. The molecule has 2 unspecified atom stereocenters. The highest BCUT2D eigenvalue weighted by Crippen LogP contribution is 2.25. The van der Waals surface area contributed by atoms with Crippen LogP contribution >= 0.6 is 12.4 Å². The second kappa shape index (κ2) is 6.73. The number of aryl methyl sites for hydroxylation is 1. The molecule has 2 atom stereocenters. The lowest BCUT2D eigenvalue weighted by Crippen LogP contribution is -2.24. The predicted molar refractivity (Wildman–Crippen MR) is 77.6 cm³/mol. The van der Waals surface area contributed by atoms with Crippen LogP contribution in [0.2, 0.25) is 0 Å². The molecule has 1 amide bonds. The second-order valence-electron chi connectivity index (χ2n) is 4.80. The number of carbonyl (C=O) groups is 1. The molecule has 0 aliphatic heterocycles. The van der Waals surface area contributed by atoms with Crippen LogP contribution in [0.4, 0.5) is 5.69 Å². The average Bonchev–Trinajstić information content (AvgIpc) is 2.78. The van der Waals surface area contributed by atoms with Gasteiger partial charge in [0.25, 0.3) is 5.56 Å². The molecular formula is C13H20ClN3O2. The monoisotopic (exact) mass is 285 g/mol. The first-order chi connectivity index (χ1) is 8.60. The van der Waals surface area contributed by atoms with Gasteiger partial charge in [0.1, 0.15) is 0 Å². The molecule has 1 fully saturated rings. The van der Waals surface area contributed by atoms with Crippen molar-refractivity contribution in [1.29, 1.82) is 0 Å². The Morgan fingerprint density at radius 3 is 2.79 bits per heavy atom. The summed E-state index contributed by atoms with van der Waals surface area (Å²) in [6, 6.07) is 3.26. The van der Waals surface area contributed by atoms with Gasteiger partial charge >= 0.3 is 0 Å². The highest BCUT2D eigenvalue weighted by atomic mass is 35.5. The lowest BCUT2D eigenvalue weighted by molar-refractivity contribution is -0.119. The minimum Gasteiger partial charge on any atom is -0.328 e. The highest BCUT2D eigenvalue weighted by molar-refractivity contribution is 5.92. The van der Waals surface area contributed by atoms with E-state index in [9.17, 15) is 9.59 Å². The van der Waals surface area contributed by atoms with Crippen molar-refractivity contribution in [1.82, 2.24) is 4.57 Å². The molecule has 1 aliphatic rings. The summed E-state index contributed by atoms with van der Waals surface area (Å²) in [6.07, 6.45) is 4.18. The number of carbonyl (C=O) groups excluding carboxylic acids is 1. The number of aromatic nitrogens is 1. The third kappa shape index (κ3) is 3.81. The Labute approximate surface area is 118 Å². The van der Waals surface area contributed by atoms with Gasteiger partial charge in [-0.25, -0.2) is 0 Å². The number of hydrogen-bond acceptors (Lipinski definition) is 3. The minimum atomic E-state index is -0.0570. The Morgan fingerprint density at radius 1 is 1.47 bits per heavy atom. The van der Waals surface area contributed by atoms with Crippen LogP contribution in [0.25, 0.3) is 0 Å². The maximum atomic E-state index is 12.0. The van der Waals surface area contributed by atoms with E-state index in [1.165, 1.54) is 6.07 Å². The molecule has 1 aromatic heterocycles. The van der Waals surface area contributed by atoms with Gasteiger partial charge in [0, 0.05) is 30.8 Å². The van der Waals surface area contributed by atoms with E-state index < -0.39 is 0 Å². The van der Waals surface area contributed by atoms with Crippen molar-refractivity contribution in [3.05, 3.63) is 28.7 Å². The van der Waals surface area contributed by atoms with E-state index in [0.717, 1.165) is 19.3 Å². The summed E-state index contributed by atoms with van der Waals surface area (Å²) in [7, 11) is 0. The number of pyridine rings is 1. The summed E-state index contributed by atoms with van der Waals surface area (Å²) in [5, 5.41) is 2.85. The molecule has 0 bridgehead atoms. The van der Waals surface area contributed by atoms with Crippen molar-refractivity contribution in [2.24, 2.45) is 11.7 Å². The fourth-order valence-corrected chi connectivity index (χ4v) is 2.35. The topological polar surface area (TPSA) is 77.1 Å². The number of anilines is 1. The Kier molecular flexibility index (Phi) is 5.57. The molecule has 5 nitrogen and oxygen atoms in total. The van der Waals surface area contributed by atoms with Gasteiger partial charge in [-0.05, 0) is 32.3 Å². The van der Waals surface area contributed by atoms with Crippen LogP contribution < -0.4 is 16.6 Å². The van der Waals surface area contributed by atoms with Crippen LogP contribution in [-0.4, -0.2) is 16.5 Å². The number of hydrogen-bond donors (Lipinski definition) is 2. The largest absolute Gasteiger partial charge is 0.328 e. The van der Waals surface area contributed by atoms with Crippen molar-refractivity contribution in [3.8, 4) is 0 Å². The zero-order chi connectivity index (χ0) is 13.1.